The van der Waals surface area contributed by atoms with E-state index in [0.29, 0.717) is 22.1 Å². The summed E-state index contributed by atoms with van der Waals surface area (Å²) in [7, 11) is 0. The van der Waals surface area contributed by atoms with E-state index in [4.69, 9.17) is 11.6 Å². The van der Waals surface area contributed by atoms with Gasteiger partial charge in [0.25, 0.3) is 5.91 Å². The number of likely N-dealkylation sites (tertiary alicyclic amines) is 2. The normalized spacial score (nSPS) is 22.5. The number of hydrogen-bond donors (Lipinski definition) is 0. The molecule has 2 aliphatic heterocycles. The van der Waals surface area contributed by atoms with E-state index in [1.54, 1.807) is 29.5 Å². The van der Waals surface area contributed by atoms with Crippen LogP contribution >= 0.6 is 34.3 Å². The Morgan fingerprint density at radius 2 is 1.81 bits per heavy atom. The van der Waals surface area contributed by atoms with Crippen LogP contribution in [0.15, 0.2) is 53.2 Å². The van der Waals surface area contributed by atoms with E-state index >= 15 is 0 Å². The van der Waals surface area contributed by atoms with Crippen LogP contribution in [0, 0.1) is 11.7 Å². The van der Waals surface area contributed by atoms with E-state index in [1.807, 2.05) is 23.1 Å². The molecular formula is C25H26ClFN2OS2. The molecule has 3 aromatic rings. The fraction of sp³-hybridized carbons (Fsp3) is 0.400. The molecule has 168 valence electrons. The van der Waals surface area contributed by atoms with Crippen LogP contribution in [0.1, 0.15) is 45.5 Å². The predicted molar refractivity (Wildman–Crippen MR) is 131 cm³/mol. The van der Waals surface area contributed by atoms with Gasteiger partial charge in [-0.05, 0) is 90.0 Å². The van der Waals surface area contributed by atoms with Crippen molar-refractivity contribution in [2.24, 2.45) is 5.92 Å². The van der Waals surface area contributed by atoms with Crippen molar-refractivity contribution < 1.29 is 9.18 Å². The minimum atomic E-state index is -0.171. The molecule has 7 heteroatoms. The van der Waals surface area contributed by atoms with Gasteiger partial charge in [-0.3, -0.25) is 4.79 Å². The monoisotopic (exact) mass is 488 g/mol. The Morgan fingerprint density at radius 3 is 2.47 bits per heavy atom. The summed E-state index contributed by atoms with van der Waals surface area (Å²) in [4.78, 5) is 18.4. The first-order valence-corrected chi connectivity index (χ1v) is 13.2. The molecule has 2 atom stereocenters. The average Bonchev–Trinajstić information content (AvgIpc) is 3.55. The highest BCUT2D eigenvalue weighted by molar-refractivity contribution is 7.18. The van der Waals surface area contributed by atoms with Gasteiger partial charge in [0.05, 0.1) is 9.21 Å². The molecule has 2 saturated heterocycles. The quantitative estimate of drug-likeness (QED) is 0.418. The Balaban J connectivity index is 1.24. The summed E-state index contributed by atoms with van der Waals surface area (Å²) in [6.07, 6.45) is 2.19. The number of thiophene rings is 2. The molecule has 1 aromatic carbocycles. The van der Waals surface area contributed by atoms with Crippen LogP contribution in [-0.2, 0) is 0 Å². The summed E-state index contributed by atoms with van der Waals surface area (Å²) < 4.78 is 13.9. The number of benzene rings is 1. The topological polar surface area (TPSA) is 23.6 Å². The van der Waals surface area contributed by atoms with E-state index in [9.17, 15) is 9.18 Å². The molecule has 0 aliphatic carbocycles. The molecule has 0 bridgehead atoms. The summed E-state index contributed by atoms with van der Waals surface area (Å²) in [5.74, 6) is 1.22. The SMILES string of the molecule is O=C(c1ccc(Cl)s1)N1CC(CN2CCC(c3ccc(F)cc3)CC2)C(c2ccsc2)C1. The largest absolute Gasteiger partial charge is 0.337 e. The number of hydrogen-bond acceptors (Lipinski definition) is 4. The predicted octanol–water partition coefficient (Wildman–Crippen LogP) is 6.34. The lowest BCUT2D eigenvalue weighted by Crippen LogP contribution is -2.38. The van der Waals surface area contributed by atoms with E-state index in [-0.39, 0.29) is 11.7 Å². The van der Waals surface area contributed by atoms with Crippen molar-refractivity contribution in [2.45, 2.75) is 24.7 Å². The van der Waals surface area contributed by atoms with Gasteiger partial charge in [-0.2, -0.15) is 11.3 Å². The summed E-state index contributed by atoms with van der Waals surface area (Å²) in [5, 5.41) is 4.36. The minimum absolute atomic E-state index is 0.0969. The molecule has 4 heterocycles. The van der Waals surface area contributed by atoms with Crippen LogP contribution in [0.5, 0.6) is 0 Å². The molecule has 2 aliphatic rings. The third kappa shape index (κ3) is 4.79. The van der Waals surface area contributed by atoms with Gasteiger partial charge in [-0.15, -0.1) is 11.3 Å². The fourth-order valence-corrected chi connectivity index (χ4v) is 6.92. The average molecular weight is 489 g/mol. The minimum Gasteiger partial charge on any atom is -0.337 e. The summed E-state index contributed by atoms with van der Waals surface area (Å²) in [6, 6.07) is 12.8. The summed E-state index contributed by atoms with van der Waals surface area (Å²) in [5.41, 5.74) is 2.59. The Morgan fingerprint density at radius 1 is 1.03 bits per heavy atom. The molecule has 5 rings (SSSR count). The van der Waals surface area contributed by atoms with Gasteiger partial charge < -0.3 is 9.80 Å². The second kappa shape index (κ2) is 9.64. The Labute approximate surface area is 201 Å². The van der Waals surface area contributed by atoms with Crippen molar-refractivity contribution in [3.05, 3.63) is 79.4 Å². The standard InChI is InChI=1S/C25H26ClFN2OS2/c26-24-6-5-23(32-24)25(30)29-14-20(22(15-29)19-9-12-31-16-19)13-28-10-7-18(8-11-28)17-1-3-21(27)4-2-17/h1-6,9,12,16,18,20,22H,7-8,10-11,13-15H2. The lowest BCUT2D eigenvalue weighted by Gasteiger charge is -2.34. The number of rotatable bonds is 5. The van der Waals surface area contributed by atoms with Crippen LogP contribution in [-0.4, -0.2) is 48.4 Å². The highest BCUT2D eigenvalue weighted by atomic mass is 35.5. The van der Waals surface area contributed by atoms with E-state index in [0.717, 1.165) is 50.4 Å². The zero-order valence-electron chi connectivity index (χ0n) is 17.8. The van der Waals surface area contributed by atoms with Gasteiger partial charge in [-0.25, -0.2) is 4.39 Å². The van der Waals surface area contributed by atoms with E-state index < -0.39 is 0 Å². The van der Waals surface area contributed by atoms with Crippen LogP contribution in [0.3, 0.4) is 0 Å². The smallest absolute Gasteiger partial charge is 0.264 e. The van der Waals surface area contributed by atoms with E-state index in [1.165, 1.54) is 22.5 Å². The van der Waals surface area contributed by atoms with Gasteiger partial charge >= 0.3 is 0 Å². The number of carbonyl (C=O) groups is 1. The Bertz CT molecular complexity index is 1040. The van der Waals surface area contributed by atoms with Gasteiger partial charge in [0.2, 0.25) is 0 Å². The first kappa shape index (κ1) is 22.1. The zero-order chi connectivity index (χ0) is 22.1. The van der Waals surface area contributed by atoms with Gasteiger partial charge in [0, 0.05) is 25.6 Å². The molecule has 2 unspecified atom stereocenters. The van der Waals surface area contributed by atoms with Crippen molar-refractivity contribution in [2.75, 3.05) is 32.7 Å². The molecule has 3 nitrogen and oxygen atoms in total. The second-order valence-corrected chi connectivity index (χ2v) is 11.4. The molecule has 0 N–H and O–H groups in total. The van der Waals surface area contributed by atoms with Crippen molar-refractivity contribution in [3.8, 4) is 0 Å². The third-order valence-corrected chi connectivity index (χ3v) is 8.83. The molecule has 0 saturated carbocycles. The molecule has 2 fully saturated rings. The molecule has 32 heavy (non-hydrogen) atoms. The maximum Gasteiger partial charge on any atom is 0.264 e. The summed E-state index contributed by atoms with van der Waals surface area (Å²) >= 11 is 9.15. The number of nitrogens with zero attached hydrogens (tertiary/aromatic N) is 2. The van der Waals surface area contributed by atoms with Gasteiger partial charge in [0.15, 0.2) is 0 Å². The van der Waals surface area contributed by atoms with Crippen LogP contribution in [0.25, 0.3) is 0 Å². The van der Waals surface area contributed by atoms with Crippen LogP contribution < -0.4 is 0 Å². The van der Waals surface area contributed by atoms with Crippen LogP contribution in [0.2, 0.25) is 4.34 Å². The lowest BCUT2D eigenvalue weighted by atomic mass is 9.87. The maximum absolute atomic E-state index is 13.3. The highest BCUT2D eigenvalue weighted by Gasteiger charge is 2.38. The molecule has 2 aromatic heterocycles. The fourth-order valence-electron chi connectivity index (χ4n) is 5.19. The van der Waals surface area contributed by atoms with Crippen LogP contribution in [0.4, 0.5) is 4.39 Å². The van der Waals surface area contributed by atoms with Crippen molar-refractivity contribution in [3.63, 3.8) is 0 Å². The van der Waals surface area contributed by atoms with Gasteiger partial charge in [0.1, 0.15) is 5.82 Å². The number of halogens is 2. The van der Waals surface area contributed by atoms with Gasteiger partial charge in [-0.1, -0.05) is 23.7 Å². The highest BCUT2D eigenvalue weighted by Crippen LogP contribution is 2.37. The Hall–Kier alpha value is -1.73. The number of piperidine rings is 1. The third-order valence-electron chi connectivity index (χ3n) is 6.91. The first-order valence-electron chi connectivity index (χ1n) is 11.1. The van der Waals surface area contributed by atoms with Crippen molar-refractivity contribution >= 4 is 40.2 Å². The van der Waals surface area contributed by atoms with Crippen molar-refractivity contribution in [1.29, 1.82) is 0 Å². The number of carbonyl (C=O) groups excluding carboxylic acids is 1. The molecule has 1 amide bonds. The molecular weight excluding hydrogens is 463 g/mol. The molecule has 0 spiro atoms. The van der Waals surface area contributed by atoms with Crippen molar-refractivity contribution in [1.82, 2.24) is 9.80 Å². The van der Waals surface area contributed by atoms with E-state index in [2.05, 4.69) is 21.7 Å². The molecule has 0 radical (unpaired) electrons. The summed E-state index contributed by atoms with van der Waals surface area (Å²) in [6.45, 7) is 4.65. The first-order chi connectivity index (χ1) is 15.6. The number of amides is 1. The lowest BCUT2D eigenvalue weighted by molar-refractivity contribution is 0.0786. The zero-order valence-corrected chi connectivity index (χ0v) is 20.1. The second-order valence-electron chi connectivity index (χ2n) is 8.86. The maximum atomic E-state index is 13.3. The Kier molecular flexibility index (Phi) is 6.65.